The average molecular weight is 465 g/mol. The summed E-state index contributed by atoms with van der Waals surface area (Å²) in [7, 11) is 0. The first-order valence-corrected chi connectivity index (χ1v) is 12.0. The van der Waals surface area contributed by atoms with Crippen LogP contribution in [0.25, 0.3) is 15.9 Å². The van der Waals surface area contributed by atoms with Crippen molar-refractivity contribution in [1.29, 1.82) is 0 Å². The number of halogens is 1. The standard InChI is InChI=1S/C25H25ClN4OS/c1-16-6-7-19(26)15-20(16)28-10-12-30(13-11-28)25(31)23-22(29-8-4-5-9-29)21-17(2)14-18(3)27-24(21)32-23/h4-9,14-15H,10-13H2,1-3H3. The third kappa shape index (κ3) is 3.67. The van der Waals surface area contributed by atoms with Crippen LogP contribution in [-0.2, 0) is 0 Å². The molecule has 32 heavy (non-hydrogen) atoms. The van der Waals surface area contributed by atoms with E-state index in [1.165, 1.54) is 16.9 Å². The van der Waals surface area contributed by atoms with Crippen molar-refractivity contribution in [3.05, 3.63) is 75.5 Å². The monoisotopic (exact) mass is 464 g/mol. The zero-order valence-electron chi connectivity index (χ0n) is 18.4. The molecule has 1 aliphatic rings. The minimum absolute atomic E-state index is 0.0798. The van der Waals surface area contributed by atoms with Crippen molar-refractivity contribution in [2.45, 2.75) is 20.8 Å². The van der Waals surface area contributed by atoms with Crippen LogP contribution in [0, 0.1) is 20.8 Å². The van der Waals surface area contributed by atoms with Gasteiger partial charge in [-0.15, -0.1) is 11.3 Å². The van der Waals surface area contributed by atoms with Crippen LogP contribution in [0.1, 0.15) is 26.5 Å². The zero-order valence-corrected chi connectivity index (χ0v) is 20.0. The first kappa shape index (κ1) is 21.0. The van der Waals surface area contributed by atoms with Gasteiger partial charge in [0.25, 0.3) is 5.91 Å². The number of thiophene rings is 1. The Kier molecular flexibility index (Phi) is 5.43. The van der Waals surface area contributed by atoms with E-state index in [-0.39, 0.29) is 5.91 Å². The Bertz CT molecular complexity index is 1300. The highest BCUT2D eigenvalue weighted by molar-refractivity contribution is 7.21. The quantitative estimate of drug-likeness (QED) is 0.394. The second kappa shape index (κ2) is 8.26. The Labute approximate surface area is 196 Å². The van der Waals surface area contributed by atoms with Crippen molar-refractivity contribution in [3.63, 3.8) is 0 Å². The summed E-state index contributed by atoms with van der Waals surface area (Å²) >= 11 is 7.73. The average Bonchev–Trinajstić information content (AvgIpc) is 3.43. The highest BCUT2D eigenvalue weighted by Crippen LogP contribution is 2.37. The van der Waals surface area contributed by atoms with Gasteiger partial charge < -0.3 is 14.4 Å². The van der Waals surface area contributed by atoms with Crippen molar-refractivity contribution in [2.24, 2.45) is 0 Å². The number of hydrogen-bond acceptors (Lipinski definition) is 4. The van der Waals surface area contributed by atoms with Crippen LogP contribution < -0.4 is 4.90 Å². The number of anilines is 1. The van der Waals surface area contributed by atoms with Crippen molar-refractivity contribution < 1.29 is 4.79 Å². The van der Waals surface area contributed by atoms with Gasteiger partial charge in [-0.3, -0.25) is 4.79 Å². The molecule has 0 unspecified atom stereocenters. The summed E-state index contributed by atoms with van der Waals surface area (Å²) in [5.74, 6) is 0.0798. The summed E-state index contributed by atoms with van der Waals surface area (Å²) in [5, 5.41) is 1.80. The van der Waals surface area contributed by atoms with E-state index in [0.29, 0.717) is 13.1 Å². The molecule has 4 heterocycles. The molecule has 0 N–H and O–H groups in total. The van der Waals surface area contributed by atoms with Gasteiger partial charge in [0.1, 0.15) is 9.71 Å². The molecule has 1 aromatic carbocycles. The third-order valence-corrected chi connectivity index (χ3v) is 7.39. The summed E-state index contributed by atoms with van der Waals surface area (Å²) in [6.45, 7) is 9.11. The lowest BCUT2D eigenvalue weighted by Crippen LogP contribution is -2.49. The number of carbonyl (C=O) groups is 1. The molecule has 0 radical (unpaired) electrons. The molecule has 0 saturated carbocycles. The van der Waals surface area contributed by atoms with E-state index < -0.39 is 0 Å². The third-order valence-electron chi connectivity index (χ3n) is 6.10. The van der Waals surface area contributed by atoms with E-state index >= 15 is 0 Å². The Hall–Kier alpha value is -2.83. The molecule has 1 fully saturated rings. The fraction of sp³-hybridized carbons (Fsp3) is 0.280. The lowest BCUT2D eigenvalue weighted by Gasteiger charge is -2.36. The molecule has 0 bridgehead atoms. The number of rotatable bonds is 3. The fourth-order valence-corrected chi connectivity index (χ4v) is 5.94. The predicted molar refractivity (Wildman–Crippen MR) is 133 cm³/mol. The number of piperazine rings is 1. The number of benzene rings is 1. The van der Waals surface area contributed by atoms with E-state index in [0.717, 1.165) is 55.8 Å². The molecule has 0 atom stereocenters. The van der Waals surface area contributed by atoms with Crippen molar-refractivity contribution >= 4 is 44.7 Å². The maximum atomic E-state index is 13.7. The Balaban J connectivity index is 1.46. The van der Waals surface area contributed by atoms with Crippen LogP contribution in [0.3, 0.4) is 0 Å². The van der Waals surface area contributed by atoms with Crippen LogP contribution in [0.15, 0.2) is 48.8 Å². The van der Waals surface area contributed by atoms with Crippen molar-refractivity contribution in [1.82, 2.24) is 14.5 Å². The Morgan fingerprint density at radius 1 is 1.00 bits per heavy atom. The van der Waals surface area contributed by atoms with Crippen LogP contribution in [0.4, 0.5) is 5.69 Å². The molecular formula is C25H25ClN4OS. The molecule has 164 valence electrons. The van der Waals surface area contributed by atoms with Gasteiger partial charge in [-0.1, -0.05) is 17.7 Å². The zero-order chi connectivity index (χ0) is 22.4. The topological polar surface area (TPSA) is 41.4 Å². The molecule has 1 amide bonds. The van der Waals surface area contributed by atoms with Crippen LogP contribution in [-0.4, -0.2) is 46.5 Å². The SMILES string of the molecule is Cc1cc(C)c2c(-n3cccc3)c(C(=O)N3CCN(c4cc(Cl)ccc4C)CC3)sc2n1. The van der Waals surface area contributed by atoms with Crippen LogP contribution >= 0.6 is 22.9 Å². The highest BCUT2D eigenvalue weighted by Gasteiger charge is 2.28. The van der Waals surface area contributed by atoms with Crippen molar-refractivity contribution in [3.8, 4) is 5.69 Å². The van der Waals surface area contributed by atoms with Crippen LogP contribution in [0.2, 0.25) is 5.02 Å². The number of hydrogen-bond donors (Lipinski definition) is 0. The summed E-state index contributed by atoms with van der Waals surface area (Å²) in [4.78, 5) is 24.4. The fourth-order valence-electron chi connectivity index (χ4n) is 4.52. The molecule has 1 aliphatic heterocycles. The number of carbonyl (C=O) groups excluding carboxylic acids is 1. The maximum Gasteiger partial charge on any atom is 0.266 e. The summed E-state index contributed by atoms with van der Waals surface area (Å²) in [6, 6.07) is 12.0. The van der Waals surface area contributed by atoms with Gasteiger partial charge in [0, 0.05) is 60.4 Å². The van der Waals surface area contributed by atoms with Gasteiger partial charge in [0.05, 0.1) is 5.69 Å². The molecule has 4 aromatic rings. The molecule has 0 spiro atoms. The molecular weight excluding hydrogens is 440 g/mol. The smallest absolute Gasteiger partial charge is 0.266 e. The number of amides is 1. The van der Waals surface area contributed by atoms with E-state index in [1.807, 2.05) is 59.1 Å². The molecule has 7 heteroatoms. The van der Waals surface area contributed by atoms with Gasteiger partial charge in [-0.05, 0) is 62.2 Å². The second-order valence-corrected chi connectivity index (χ2v) is 9.78. The van der Waals surface area contributed by atoms with Crippen LogP contribution in [0.5, 0.6) is 0 Å². The molecule has 5 rings (SSSR count). The number of aromatic nitrogens is 2. The van der Waals surface area contributed by atoms with E-state index in [9.17, 15) is 4.79 Å². The van der Waals surface area contributed by atoms with Gasteiger partial charge >= 0.3 is 0 Å². The number of fused-ring (bicyclic) bond motifs is 1. The van der Waals surface area contributed by atoms with Gasteiger partial charge in [-0.25, -0.2) is 4.98 Å². The van der Waals surface area contributed by atoms with Crippen molar-refractivity contribution in [2.75, 3.05) is 31.1 Å². The summed E-state index contributed by atoms with van der Waals surface area (Å²) < 4.78 is 2.04. The lowest BCUT2D eigenvalue weighted by atomic mass is 10.1. The number of nitrogens with zero attached hydrogens (tertiary/aromatic N) is 4. The van der Waals surface area contributed by atoms with E-state index in [2.05, 4.69) is 24.8 Å². The van der Waals surface area contributed by atoms with Gasteiger partial charge in [0.15, 0.2) is 0 Å². The lowest BCUT2D eigenvalue weighted by molar-refractivity contribution is 0.0751. The number of pyridine rings is 1. The normalized spacial score (nSPS) is 14.4. The first-order chi connectivity index (χ1) is 15.4. The second-order valence-electron chi connectivity index (χ2n) is 8.34. The van der Waals surface area contributed by atoms with E-state index in [4.69, 9.17) is 16.6 Å². The minimum Gasteiger partial charge on any atom is -0.368 e. The Morgan fingerprint density at radius 3 is 2.44 bits per heavy atom. The van der Waals surface area contributed by atoms with Gasteiger partial charge in [-0.2, -0.15) is 0 Å². The highest BCUT2D eigenvalue weighted by atomic mass is 35.5. The maximum absolute atomic E-state index is 13.7. The summed E-state index contributed by atoms with van der Waals surface area (Å²) in [6.07, 6.45) is 3.99. The van der Waals surface area contributed by atoms with E-state index in [1.54, 1.807) is 0 Å². The minimum atomic E-state index is 0.0798. The summed E-state index contributed by atoms with van der Waals surface area (Å²) in [5.41, 5.74) is 5.41. The predicted octanol–water partition coefficient (Wildman–Crippen LogP) is 5.63. The molecule has 3 aromatic heterocycles. The number of aryl methyl sites for hydroxylation is 3. The molecule has 1 saturated heterocycles. The molecule has 0 aliphatic carbocycles. The van der Waals surface area contributed by atoms with Gasteiger partial charge in [0.2, 0.25) is 0 Å². The largest absolute Gasteiger partial charge is 0.368 e. The first-order valence-electron chi connectivity index (χ1n) is 10.8. The Morgan fingerprint density at radius 2 is 1.72 bits per heavy atom. The molecule has 5 nitrogen and oxygen atoms in total.